The van der Waals surface area contributed by atoms with E-state index in [1.54, 1.807) is 6.92 Å². The zero-order valence-electron chi connectivity index (χ0n) is 13.6. The zero-order chi connectivity index (χ0) is 18.0. The van der Waals surface area contributed by atoms with E-state index in [1.165, 1.54) is 4.57 Å². The minimum Gasteiger partial charge on any atom is -0.324 e. The molecule has 0 spiro atoms. The van der Waals surface area contributed by atoms with E-state index in [9.17, 15) is 18.4 Å². The molecule has 0 bridgehead atoms. The summed E-state index contributed by atoms with van der Waals surface area (Å²) < 4.78 is 28.0. The van der Waals surface area contributed by atoms with Crippen molar-refractivity contribution in [1.29, 1.82) is 0 Å². The van der Waals surface area contributed by atoms with E-state index in [0.29, 0.717) is 11.6 Å². The highest BCUT2D eigenvalue weighted by Gasteiger charge is 2.11. The Morgan fingerprint density at radius 2 is 1.88 bits per heavy atom. The van der Waals surface area contributed by atoms with Crippen molar-refractivity contribution in [2.24, 2.45) is 0 Å². The van der Waals surface area contributed by atoms with Gasteiger partial charge in [-0.1, -0.05) is 18.2 Å². The minimum absolute atomic E-state index is 0.00975. The Bertz CT molecular complexity index is 1010. The van der Waals surface area contributed by atoms with Gasteiger partial charge in [-0.25, -0.2) is 8.78 Å². The molecule has 0 aliphatic rings. The van der Waals surface area contributed by atoms with Gasteiger partial charge in [-0.15, -0.1) is 0 Å². The molecule has 3 aromatic rings. The van der Waals surface area contributed by atoms with Crippen LogP contribution in [-0.2, 0) is 11.3 Å². The Balaban J connectivity index is 1.79. The number of para-hydroxylation sites is 1. The van der Waals surface area contributed by atoms with Crippen LogP contribution in [0.2, 0.25) is 0 Å². The van der Waals surface area contributed by atoms with E-state index in [2.05, 4.69) is 5.32 Å². The third-order valence-corrected chi connectivity index (χ3v) is 3.95. The summed E-state index contributed by atoms with van der Waals surface area (Å²) in [6, 6.07) is 12.1. The Morgan fingerprint density at radius 1 is 1.12 bits per heavy atom. The molecule has 1 aromatic heterocycles. The second-order valence-corrected chi connectivity index (χ2v) is 5.77. The average Bonchev–Trinajstić information content (AvgIpc) is 2.58. The summed E-state index contributed by atoms with van der Waals surface area (Å²) in [5, 5.41) is 3.30. The Morgan fingerprint density at radius 3 is 2.64 bits per heavy atom. The van der Waals surface area contributed by atoms with E-state index < -0.39 is 17.5 Å². The number of anilines is 1. The van der Waals surface area contributed by atoms with Crippen molar-refractivity contribution in [2.45, 2.75) is 19.9 Å². The first-order valence-corrected chi connectivity index (χ1v) is 7.80. The second-order valence-electron chi connectivity index (χ2n) is 5.77. The molecule has 25 heavy (non-hydrogen) atoms. The molecule has 0 unspecified atom stereocenters. The van der Waals surface area contributed by atoms with Crippen LogP contribution in [0.15, 0.2) is 53.3 Å². The van der Waals surface area contributed by atoms with Gasteiger partial charge in [0.2, 0.25) is 5.91 Å². The van der Waals surface area contributed by atoms with Crippen LogP contribution in [0.25, 0.3) is 10.9 Å². The van der Waals surface area contributed by atoms with Crippen LogP contribution in [0.4, 0.5) is 14.5 Å². The van der Waals surface area contributed by atoms with Gasteiger partial charge in [-0.05, 0) is 36.6 Å². The molecule has 0 saturated carbocycles. The van der Waals surface area contributed by atoms with Crippen molar-refractivity contribution in [3.05, 3.63) is 76.1 Å². The highest BCUT2D eigenvalue weighted by atomic mass is 19.1. The SMILES string of the molecule is Cc1cc2ccccc2n(CCC(=O)Nc2ccc(F)cc2F)c1=O. The third-order valence-electron chi connectivity index (χ3n) is 3.95. The van der Waals surface area contributed by atoms with Gasteiger partial charge in [0.1, 0.15) is 11.6 Å². The fourth-order valence-corrected chi connectivity index (χ4v) is 2.71. The number of pyridine rings is 1. The summed E-state index contributed by atoms with van der Waals surface area (Å²) in [4.78, 5) is 24.4. The van der Waals surface area contributed by atoms with E-state index >= 15 is 0 Å². The van der Waals surface area contributed by atoms with Gasteiger partial charge in [0.15, 0.2) is 0 Å². The number of hydrogen-bond acceptors (Lipinski definition) is 2. The average molecular weight is 342 g/mol. The van der Waals surface area contributed by atoms with Crippen molar-refractivity contribution < 1.29 is 13.6 Å². The predicted molar refractivity (Wildman–Crippen MR) is 92.5 cm³/mol. The van der Waals surface area contributed by atoms with Crippen LogP contribution in [0, 0.1) is 18.6 Å². The number of nitrogens with zero attached hydrogens (tertiary/aromatic N) is 1. The first-order valence-electron chi connectivity index (χ1n) is 7.80. The Kier molecular flexibility index (Phi) is 4.61. The lowest BCUT2D eigenvalue weighted by atomic mass is 10.1. The maximum absolute atomic E-state index is 13.6. The number of fused-ring (bicyclic) bond motifs is 1. The largest absolute Gasteiger partial charge is 0.324 e. The number of benzene rings is 2. The molecular weight excluding hydrogens is 326 g/mol. The predicted octanol–water partition coefficient (Wildman–Crippen LogP) is 3.62. The topological polar surface area (TPSA) is 51.1 Å². The number of halogens is 2. The standard InChI is InChI=1S/C19H16F2N2O2/c1-12-10-13-4-2-3-5-17(13)23(19(12)25)9-8-18(24)22-16-7-6-14(20)11-15(16)21/h2-7,10-11H,8-9H2,1H3,(H,22,24). The molecule has 1 N–H and O–H groups in total. The molecule has 1 heterocycles. The number of aromatic nitrogens is 1. The lowest BCUT2D eigenvalue weighted by Gasteiger charge is -2.12. The molecule has 3 rings (SSSR count). The molecule has 128 valence electrons. The number of nitrogens with one attached hydrogen (secondary N) is 1. The Labute approximate surface area is 142 Å². The summed E-state index contributed by atoms with van der Waals surface area (Å²) in [6.45, 7) is 1.88. The van der Waals surface area contributed by atoms with E-state index in [4.69, 9.17) is 0 Å². The molecule has 0 atom stereocenters. The number of aryl methyl sites for hydroxylation is 2. The number of rotatable bonds is 4. The van der Waals surface area contributed by atoms with Crippen LogP contribution in [-0.4, -0.2) is 10.5 Å². The molecular formula is C19H16F2N2O2. The van der Waals surface area contributed by atoms with Crippen molar-refractivity contribution in [3.63, 3.8) is 0 Å². The lowest BCUT2D eigenvalue weighted by Crippen LogP contribution is -2.25. The lowest BCUT2D eigenvalue weighted by molar-refractivity contribution is -0.116. The second kappa shape index (κ2) is 6.84. The van der Waals surface area contributed by atoms with Crippen LogP contribution < -0.4 is 10.9 Å². The molecule has 6 heteroatoms. The first-order chi connectivity index (χ1) is 12.0. The minimum atomic E-state index is -0.841. The van der Waals surface area contributed by atoms with Crippen molar-refractivity contribution >= 4 is 22.5 Å². The van der Waals surface area contributed by atoms with Crippen LogP contribution in [0.5, 0.6) is 0 Å². The van der Waals surface area contributed by atoms with Gasteiger partial charge >= 0.3 is 0 Å². The highest BCUT2D eigenvalue weighted by molar-refractivity contribution is 5.91. The van der Waals surface area contributed by atoms with Crippen LogP contribution in [0.3, 0.4) is 0 Å². The molecule has 0 saturated heterocycles. The first kappa shape index (κ1) is 16.8. The molecule has 4 nitrogen and oxygen atoms in total. The fourth-order valence-electron chi connectivity index (χ4n) is 2.71. The maximum Gasteiger partial charge on any atom is 0.253 e. The van der Waals surface area contributed by atoms with Crippen molar-refractivity contribution in [3.8, 4) is 0 Å². The van der Waals surface area contributed by atoms with Crippen LogP contribution in [0.1, 0.15) is 12.0 Å². The monoisotopic (exact) mass is 342 g/mol. The van der Waals surface area contributed by atoms with Crippen molar-refractivity contribution in [1.82, 2.24) is 4.57 Å². The summed E-state index contributed by atoms with van der Waals surface area (Å²) in [6.07, 6.45) is -0.00975. The maximum atomic E-state index is 13.6. The van der Waals surface area contributed by atoms with E-state index in [1.807, 2.05) is 30.3 Å². The van der Waals surface area contributed by atoms with Gasteiger partial charge in [0.05, 0.1) is 11.2 Å². The smallest absolute Gasteiger partial charge is 0.253 e. The van der Waals surface area contributed by atoms with Gasteiger partial charge in [0.25, 0.3) is 5.56 Å². The third kappa shape index (κ3) is 3.57. The number of carbonyl (C=O) groups excluding carboxylic acids is 1. The van der Waals surface area contributed by atoms with Crippen LogP contribution >= 0.6 is 0 Å². The molecule has 0 aliphatic carbocycles. The summed E-state index contributed by atoms with van der Waals surface area (Å²) >= 11 is 0. The zero-order valence-corrected chi connectivity index (χ0v) is 13.6. The summed E-state index contributed by atoms with van der Waals surface area (Å²) in [7, 11) is 0. The van der Waals surface area contributed by atoms with Gasteiger partial charge in [0, 0.05) is 24.6 Å². The molecule has 0 radical (unpaired) electrons. The molecule has 2 aromatic carbocycles. The van der Waals surface area contributed by atoms with Gasteiger partial charge in [-0.2, -0.15) is 0 Å². The number of hydrogen-bond donors (Lipinski definition) is 1. The van der Waals surface area contributed by atoms with Gasteiger partial charge < -0.3 is 9.88 Å². The number of carbonyl (C=O) groups is 1. The van der Waals surface area contributed by atoms with Gasteiger partial charge in [-0.3, -0.25) is 9.59 Å². The van der Waals surface area contributed by atoms with E-state index in [-0.39, 0.29) is 24.2 Å². The molecule has 1 amide bonds. The fraction of sp³-hybridized carbons (Fsp3) is 0.158. The molecule has 0 fully saturated rings. The quantitative estimate of drug-likeness (QED) is 0.787. The Hall–Kier alpha value is -3.02. The molecule has 0 aliphatic heterocycles. The summed E-state index contributed by atoms with van der Waals surface area (Å²) in [5.41, 5.74) is 1.06. The highest BCUT2D eigenvalue weighted by Crippen LogP contribution is 2.16. The van der Waals surface area contributed by atoms with E-state index in [0.717, 1.165) is 23.0 Å². The van der Waals surface area contributed by atoms with Crippen molar-refractivity contribution in [2.75, 3.05) is 5.32 Å². The summed E-state index contributed by atoms with van der Waals surface area (Å²) in [5.74, 6) is -2.01. The number of amides is 1. The normalized spacial score (nSPS) is 10.8.